The van der Waals surface area contributed by atoms with E-state index in [4.69, 9.17) is 0 Å². The van der Waals surface area contributed by atoms with Crippen molar-refractivity contribution < 1.29 is 0 Å². The monoisotopic (exact) mass is 253 g/mol. The molecule has 1 aromatic rings. The van der Waals surface area contributed by atoms with Gasteiger partial charge in [-0.25, -0.2) is 0 Å². The van der Waals surface area contributed by atoms with Crippen molar-refractivity contribution in [3.8, 4) is 12.1 Å². The van der Waals surface area contributed by atoms with Gasteiger partial charge in [-0.3, -0.25) is 4.90 Å². The van der Waals surface area contributed by atoms with E-state index in [9.17, 15) is 10.5 Å². The van der Waals surface area contributed by atoms with Crippen LogP contribution in [0.25, 0.3) is 0 Å². The molecule has 19 heavy (non-hydrogen) atoms. The van der Waals surface area contributed by atoms with Crippen molar-refractivity contribution in [1.82, 2.24) is 4.90 Å². The van der Waals surface area contributed by atoms with Crippen molar-refractivity contribution in [2.24, 2.45) is 0 Å². The molecule has 2 rings (SSSR count). The van der Waals surface area contributed by atoms with Gasteiger partial charge in [0, 0.05) is 6.54 Å². The van der Waals surface area contributed by atoms with Crippen LogP contribution in [0.5, 0.6) is 0 Å². The molecule has 3 nitrogen and oxygen atoms in total. The summed E-state index contributed by atoms with van der Waals surface area (Å²) in [6, 6.07) is 14.9. The highest BCUT2D eigenvalue weighted by Crippen LogP contribution is 2.39. The van der Waals surface area contributed by atoms with Crippen LogP contribution in [0.1, 0.15) is 38.7 Å². The maximum atomic E-state index is 9.53. The maximum Gasteiger partial charge on any atom is 0.107 e. The molecule has 0 aromatic heterocycles. The Balaban J connectivity index is 2.36. The SMILES string of the molecule is CC1(C#N)CCCC(C)(C#N)N1Cc1ccccc1. The number of piperidine rings is 1. The second-order valence-corrected chi connectivity index (χ2v) is 5.70. The number of hydrogen-bond donors (Lipinski definition) is 0. The van der Waals surface area contributed by atoms with Crippen molar-refractivity contribution >= 4 is 0 Å². The molecule has 0 amide bonds. The topological polar surface area (TPSA) is 50.8 Å². The lowest BCUT2D eigenvalue weighted by molar-refractivity contribution is 0.00855. The Morgan fingerprint density at radius 3 is 2.05 bits per heavy atom. The van der Waals surface area contributed by atoms with Crippen molar-refractivity contribution in [2.45, 2.75) is 50.7 Å². The van der Waals surface area contributed by atoms with E-state index < -0.39 is 11.1 Å². The minimum Gasteiger partial charge on any atom is -0.263 e. The number of nitriles is 2. The number of rotatable bonds is 2. The molecule has 1 fully saturated rings. The predicted molar refractivity (Wildman–Crippen MR) is 73.9 cm³/mol. The Labute approximate surface area is 115 Å². The van der Waals surface area contributed by atoms with Gasteiger partial charge >= 0.3 is 0 Å². The Hall–Kier alpha value is -1.84. The van der Waals surface area contributed by atoms with E-state index in [0.29, 0.717) is 6.54 Å². The minimum atomic E-state index is -0.557. The molecule has 1 aliphatic heterocycles. The second kappa shape index (κ2) is 5.03. The fourth-order valence-corrected chi connectivity index (χ4v) is 2.94. The van der Waals surface area contributed by atoms with Gasteiger partial charge in [0.15, 0.2) is 0 Å². The van der Waals surface area contributed by atoms with Gasteiger partial charge in [0.25, 0.3) is 0 Å². The Morgan fingerprint density at radius 2 is 1.58 bits per heavy atom. The van der Waals surface area contributed by atoms with Gasteiger partial charge in [0.05, 0.1) is 12.1 Å². The lowest BCUT2D eigenvalue weighted by Crippen LogP contribution is -2.59. The third-order valence-corrected chi connectivity index (χ3v) is 4.18. The fourth-order valence-electron chi connectivity index (χ4n) is 2.94. The summed E-state index contributed by atoms with van der Waals surface area (Å²) in [7, 11) is 0. The molecule has 0 aliphatic carbocycles. The lowest BCUT2D eigenvalue weighted by Gasteiger charge is -2.49. The zero-order valence-corrected chi connectivity index (χ0v) is 11.6. The van der Waals surface area contributed by atoms with Crippen LogP contribution >= 0.6 is 0 Å². The van der Waals surface area contributed by atoms with E-state index in [1.54, 1.807) is 0 Å². The molecule has 1 heterocycles. The number of likely N-dealkylation sites (tertiary alicyclic amines) is 1. The third-order valence-electron chi connectivity index (χ3n) is 4.18. The highest BCUT2D eigenvalue weighted by molar-refractivity contribution is 5.22. The maximum absolute atomic E-state index is 9.53. The molecule has 98 valence electrons. The van der Waals surface area contributed by atoms with Gasteiger partial charge in [0.1, 0.15) is 11.1 Å². The lowest BCUT2D eigenvalue weighted by atomic mass is 9.79. The van der Waals surface area contributed by atoms with E-state index in [2.05, 4.69) is 17.0 Å². The molecule has 1 saturated heterocycles. The average molecular weight is 253 g/mol. The first kappa shape index (κ1) is 13.6. The molecular weight excluding hydrogens is 234 g/mol. The summed E-state index contributed by atoms with van der Waals surface area (Å²) in [5.74, 6) is 0. The molecule has 0 radical (unpaired) electrons. The molecular formula is C16H19N3. The van der Waals surface area contributed by atoms with Crippen molar-refractivity contribution in [1.29, 1.82) is 10.5 Å². The average Bonchev–Trinajstić information content (AvgIpc) is 2.44. The first-order valence-corrected chi connectivity index (χ1v) is 6.68. The van der Waals surface area contributed by atoms with Crippen molar-refractivity contribution in [3.05, 3.63) is 35.9 Å². The van der Waals surface area contributed by atoms with E-state index in [0.717, 1.165) is 24.8 Å². The normalized spacial score (nSPS) is 31.4. The van der Waals surface area contributed by atoms with E-state index in [1.807, 2.05) is 44.2 Å². The van der Waals surface area contributed by atoms with Crippen LogP contribution in [-0.4, -0.2) is 16.0 Å². The Morgan fingerprint density at radius 1 is 1.05 bits per heavy atom. The minimum absolute atomic E-state index is 0.557. The summed E-state index contributed by atoms with van der Waals surface area (Å²) in [5, 5.41) is 19.1. The first-order valence-electron chi connectivity index (χ1n) is 6.68. The summed E-state index contributed by atoms with van der Waals surface area (Å²) in [6.07, 6.45) is 2.58. The van der Waals surface area contributed by atoms with Gasteiger partial charge in [0.2, 0.25) is 0 Å². The van der Waals surface area contributed by atoms with Crippen molar-refractivity contribution in [2.75, 3.05) is 0 Å². The smallest absolute Gasteiger partial charge is 0.107 e. The van der Waals surface area contributed by atoms with Crippen LogP contribution in [0, 0.1) is 22.7 Å². The van der Waals surface area contributed by atoms with Gasteiger partial charge in [-0.1, -0.05) is 30.3 Å². The van der Waals surface area contributed by atoms with Gasteiger partial charge in [-0.2, -0.15) is 10.5 Å². The summed E-state index contributed by atoms with van der Waals surface area (Å²) in [5.41, 5.74) is 0.0317. The predicted octanol–water partition coefficient (Wildman–Crippen LogP) is 3.24. The molecule has 3 heteroatoms. The fraction of sp³-hybridized carbons (Fsp3) is 0.500. The highest BCUT2D eigenvalue weighted by Gasteiger charge is 2.47. The number of nitrogens with zero attached hydrogens (tertiary/aromatic N) is 3. The van der Waals surface area contributed by atoms with Crippen LogP contribution in [0.15, 0.2) is 30.3 Å². The first-order chi connectivity index (χ1) is 9.04. The molecule has 0 bridgehead atoms. The van der Waals surface area contributed by atoms with E-state index >= 15 is 0 Å². The number of benzene rings is 1. The molecule has 1 aliphatic rings. The summed E-state index contributed by atoms with van der Waals surface area (Å²) < 4.78 is 0. The molecule has 2 atom stereocenters. The second-order valence-electron chi connectivity index (χ2n) is 5.70. The molecule has 0 spiro atoms. The Kier molecular flexibility index (Phi) is 3.60. The van der Waals surface area contributed by atoms with Crippen molar-refractivity contribution in [3.63, 3.8) is 0 Å². The quantitative estimate of drug-likeness (QED) is 0.813. The third kappa shape index (κ3) is 2.48. The zero-order valence-electron chi connectivity index (χ0n) is 11.6. The largest absolute Gasteiger partial charge is 0.263 e. The zero-order chi connectivity index (χ0) is 13.9. The molecule has 2 unspecified atom stereocenters. The highest BCUT2D eigenvalue weighted by atomic mass is 15.3. The van der Waals surface area contributed by atoms with E-state index in [1.165, 1.54) is 0 Å². The summed E-state index contributed by atoms with van der Waals surface area (Å²) >= 11 is 0. The van der Waals surface area contributed by atoms with Gasteiger partial charge in [-0.05, 0) is 38.7 Å². The summed E-state index contributed by atoms with van der Waals surface area (Å²) in [4.78, 5) is 2.07. The Bertz CT molecular complexity index is 497. The standard InChI is InChI=1S/C16H19N3/c1-15(12-17)9-6-10-16(2,13-18)19(15)11-14-7-4-3-5-8-14/h3-5,7-8H,6,9-11H2,1-2H3. The van der Waals surface area contributed by atoms with Crippen LogP contribution in [0.3, 0.4) is 0 Å². The van der Waals surface area contributed by atoms with Crippen LogP contribution in [0.2, 0.25) is 0 Å². The van der Waals surface area contributed by atoms with Gasteiger partial charge < -0.3 is 0 Å². The molecule has 1 aromatic carbocycles. The molecule has 0 N–H and O–H groups in total. The van der Waals surface area contributed by atoms with Crippen LogP contribution < -0.4 is 0 Å². The summed E-state index contributed by atoms with van der Waals surface area (Å²) in [6.45, 7) is 4.55. The molecule has 0 saturated carbocycles. The van der Waals surface area contributed by atoms with Crippen LogP contribution in [-0.2, 0) is 6.54 Å². The van der Waals surface area contributed by atoms with E-state index in [-0.39, 0.29) is 0 Å². The van der Waals surface area contributed by atoms with Gasteiger partial charge in [-0.15, -0.1) is 0 Å². The number of hydrogen-bond acceptors (Lipinski definition) is 3. The van der Waals surface area contributed by atoms with Crippen LogP contribution in [0.4, 0.5) is 0 Å².